The molecule has 0 radical (unpaired) electrons. The van der Waals surface area contributed by atoms with Crippen LogP contribution in [-0.2, 0) is 0 Å². The fourth-order valence-corrected chi connectivity index (χ4v) is 3.04. The highest BCUT2D eigenvalue weighted by Gasteiger charge is 2.14. The summed E-state index contributed by atoms with van der Waals surface area (Å²) >= 11 is 3.15. The Bertz CT molecular complexity index is 473. The molecule has 1 atom stereocenters. The van der Waals surface area contributed by atoms with Gasteiger partial charge in [0, 0.05) is 4.88 Å². The Morgan fingerprint density at radius 2 is 2.12 bits per heavy atom. The number of nitrogens with one attached hydrogen (secondary N) is 1. The predicted molar refractivity (Wildman–Crippen MR) is 69.3 cm³/mol. The molecule has 1 N–H and O–H groups in total. The van der Waals surface area contributed by atoms with Crippen molar-refractivity contribution in [3.05, 3.63) is 44.3 Å². The molecule has 0 unspecified atom stereocenters. The lowest BCUT2D eigenvalue weighted by Gasteiger charge is -2.11. The molecule has 0 saturated heterocycles. The summed E-state index contributed by atoms with van der Waals surface area (Å²) in [7, 11) is 0. The van der Waals surface area contributed by atoms with Gasteiger partial charge in [0.2, 0.25) is 0 Å². The summed E-state index contributed by atoms with van der Waals surface area (Å²) in [5, 5.41) is 6.97. The van der Waals surface area contributed by atoms with Crippen LogP contribution >= 0.6 is 22.7 Å². The second kappa shape index (κ2) is 4.80. The molecule has 16 heavy (non-hydrogen) atoms. The number of hydrogen-bond acceptors (Lipinski definition) is 3. The van der Waals surface area contributed by atoms with Gasteiger partial charge in [-0.3, -0.25) is 4.79 Å². The third kappa shape index (κ3) is 2.33. The third-order valence-corrected chi connectivity index (χ3v) is 4.46. The van der Waals surface area contributed by atoms with Crippen molar-refractivity contribution in [1.29, 1.82) is 0 Å². The minimum atomic E-state index is 0.0217. The maximum Gasteiger partial charge on any atom is 0.262 e. The van der Waals surface area contributed by atoms with E-state index >= 15 is 0 Å². The van der Waals surface area contributed by atoms with Crippen LogP contribution in [0.1, 0.15) is 33.1 Å². The quantitative estimate of drug-likeness (QED) is 0.887. The average molecular weight is 251 g/mol. The Kier molecular flexibility index (Phi) is 3.41. The zero-order chi connectivity index (χ0) is 11.5. The van der Waals surface area contributed by atoms with Gasteiger partial charge in [0.15, 0.2) is 0 Å². The van der Waals surface area contributed by atoms with Crippen LogP contribution in [0.3, 0.4) is 0 Å². The first-order chi connectivity index (χ1) is 7.68. The van der Waals surface area contributed by atoms with E-state index in [-0.39, 0.29) is 11.9 Å². The summed E-state index contributed by atoms with van der Waals surface area (Å²) in [5.41, 5.74) is 1.04. The van der Waals surface area contributed by atoms with Crippen LogP contribution in [0.25, 0.3) is 0 Å². The van der Waals surface area contributed by atoms with Gasteiger partial charge in [-0.2, -0.15) is 0 Å². The summed E-state index contributed by atoms with van der Waals surface area (Å²) in [5.74, 6) is 0.0217. The standard InChI is InChI=1S/C12H13NOS2/c1-8-5-7-16-11(8)12(14)13-9(2)10-4-3-6-15-10/h3-7,9H,1-2H3,(H,13,14)/t9-/m0/s1. The highest BCUT2D eigenvalue weighted by Crippen LogP contribution is 2.20. The van der Waals surface area contributed by atoms with Gasteiger partial charge in [-0.05, 0) is 42.3 Å². The second-order valence-corrected chi connectivity index (χ2v) is 5.54. The van der Waals surface area contributed by atoms with E-state index in [4.69, 9.17) is 0 Å². The Morgan fingerprint density at radius 3 is 2.69 bits per heavy atom. The van der Waals surface area contributed by atoms with Gasteiger partial charge in [0.1, 0.15) is 0 Å². The fourth-order valence-electron chi connectivity index (χ4n) is 1.48. The van der Waals surface area contributed by atoms with Crippen molar-refractivity contribution in [2.45, 2.75) is 19.9 Å². The topological polar surface area (TPSA) is 29.1 Å². The Balaban J connectivity index is 2.06. The van der Waals surface area contributed by atoms with E-state index < -0.39 is 0 Å². The van der Waals surface area contributed by atoms with Crippen molar-refractivity contribution in [2.75, 3.05) is 0 Å². The molecule has 0 aliphatic heterocycles. The summed E-state index contributed by atoms with van der Waals surface area (Å²) in [6.45, 7) is 3.97. The molecule has 1 amide bonds. The highest BCUT2D eigenvalue weighted by molar-refractivity contribution is 7.12. The second-order valence-electron chi connectivity index (χ2n) is 3.64. The van der Waals surface area contributed by atoms with Gasteiger partial charge in [0.25, 0.3) is 5.91 Å². The lowest BCUT2D eigenvalue weighted by atomic mass is 10.2. The van der Waals surface area contributed by atoms with Gasteiger partial charge in [-0.15, -0.1) is 22.7 Å². The van der Waals surface area contributed by atoms with Gasteiger partial charge in [-0.1, -0.05) is 6.07 Å². The summed E-state index contributed by atoms with van der Waals surface area (Å²) < 4.78 is 0. The lowest BCUT2D eigenvalue weighted by molar-refractivity contribution is 0.0944. The smallest absolute Gasteiger partial charge is 0.262 e. The summed E-state index contributed by atoms with van der Waals surface area (Å²) in [6, 6.07) is 6.08. The highest BCUT2D eigenvalue weighted by atomic mass is 32.1. The van der Waals surface area contributed by atoms with E-state index in [1.165, 1.54) is 16.2 Å². The van der Waals surface area contributed by atoms with Gasteiger partial charge < -0.3 is 5.32 Å². The minimum Gasteiger partial charge on any atom is -0.344 e. The number of hydrogen-bond donors (Lipinski definition) is 1. The SMILES string of the molecule is Cc1ccsc1C(=O)N[C@@H](C)c1cccs1. The molecule has 2 aromatic rings. The molecule has 84 valence electrons. The van der Waals surface area contributed by atoms with Gasteiger partial charge in [-0.25, -0.2) is 0 Å². The minimum absolute atomic E-state index is 0.0217. The maximum absolute atomic E-state index is 11.9. The molecule has 0 spiro atoms. The van der Waals surface area contributed by atoms with E-state index in [0.29, 0.717) is 0 Å². The summed E-state index contributed by atoms with van der Waals surface area (Å²) in [6.07, 6.45) is 0. The first-order valence-electron chi connectivity index (χ1n) is 5.07. The van der Waals surface area contributed by atoms with Crippen LogP contribution in [0, 0.1) is 6.92 Å². The average Bonchev–Trinajstić information content (AvgIpc) is 2.86. The van der Waals surface area contributed by atoms with Crippen molar-refractivity contribution in [1.82, 2.24) is 5.32 Å². The number of amides is 1. The molecule has 2 aromatic heterocycles. The maximum atomic E-state index is 11.9. The van der Waals surface area contributed by atoms with E-state index in [1.807, 2.05) is 42.8 Å². The Morgan fingerprint density at radius 1 is 1.31 bits per heavy atom. The van der Waals surface area contributed by atoms with Crippen molar-refractivity contribution in [2.24, 2.45) is 0 Å². The molecule has 0 saturated carbocycles. The van der Waals surface area contributed by atoms with Crippen LogP contribution in [-0.4, -0.2) is 5.91 Å². The lowest BCUT2D eigenvalue weighted by Crippen LogP contribution is -2.25. The first-order valence-corrected chi connectivity index (χ1v) is 6.83. The normalized spacial score (nSPS) is 12.4. The van der Waals surface area contributed by atoms with Crippen LogP contribution in [0.5, 0.6) is 0 Å². The number of aryl methyl sites for hydroxylation is 1. The van der Waals surface area contributed by atoms with E-state index in [9.17, 15) is 4.79 Å². The largest absolute Gasteiger partial charge is 0.344 e. The molecule has 0 aliphatic carbocycles. The van der Waals surface area contributed by atoms with Crippen LogP contribution in [0.15, 0.2) is 29.0 Å². The predicted octanol–water partition coefficient (Wildman–Crippen LogP) is 3.61. The molecule has 0 bridgehead atoms. The molecule has 0 fully saturated rings. The Labute approximate surface area is 103 Å². The van der Waals surface area contributed by atoms with Crippen LogP contribution in [0.2, 0.25) is 0 Å². The first kappa shape index (κ1) is 11.4. The zero-order valence-corrected chi connectivity index (χ0v) is 10.8. The van der Waals surface area contributed by atoms with Gasteiger partial charge in [0.05, 0.1) is 10.9 Å². The van der Waals surface area contributed by atoms with Crippen LogP contribution in [0.4, 0.5) is 0 Å². The van der Waals surface area contributed by atoms with E-state index in [2.05, 4.69) is 5.32 Å². The molecular formula is C12H13NOS2. The molecular weight excluding hydrogens is 238 g/mol. The van der Waals surface area contributed by atoms with Crippen molar-refractivity contribution in [3.8, 4) is 0 Å². The van der Waals surface area contributed by atoms with Crippen LogP contribution < -0.4 is 5.32 Å². The summed E-state index contributed by atoms with van der Waals surface area (Å²) in [4.78, 5) is 13.9. The molecule has 0 aromatic carbocycles. The van der Waals surface area contributed by atoms with Crippen molar-refractivity contribution in [3.63, 3.8) is 0 Å². The molecule has 0 aliphatic rings. The van der Waals surface area contributed by atoms with E-state index in [1.54, 1.807) is 11.3 Å². The number of thiophene rings is 2. The molecule has 2 heterocycles. The fraction of sp³-hybridized carbons (Fsp3) is 0.250. The van der Waals surface area contributed by atoms with E-state index in [0.717, 1.165) is 10.4 Å². The molecule has 2 nitrogen and oxygen atoms in total. The molecule has 4 heteroatoms. The Hall–Kier alpha value is -1.13. The molecule has 2 rings (SSSR count). The van der Waals surface area contributed by atoms with Crippen molar-refractivity contribution < 1.29 is 4.79 Å². The number of carbonyl (C=O) groups excluding carboxylic acids is 1. The zero-order valence-electron chi connectivity index (χ0n) is 9.19. The van der Waals surface area contributed by atoms with Crippen molar-refractivity contribution >= 4 is 28.6 Å². The third-order valence-electron chi connectivity index (χ3n) is 2.39. The number of carbonyl (C=O) groups is 1. The number of rotatable bonds is 3. The van der Waals surface area contributed by atoms with Gasteiger partial charge >= 0.3 is 0 Å². The monoisotopic (exact) mass is 251 g/mol.